The monoisotopic (exact) mass is 286 g/mol. The van der Waals surface area contributed by atoms with Crippen molar-refractivity contribution in [3.05, 3.63) is 34.8 Å². The first-order chi connectivity index (χ1) is 10.3. The van der Waals surface area contributed by atoms with E-state index in [1.54, 1.807) is 4.57 Å². The third-order valence-corrected chi connectivity index (χ3v) is 5.25. The number of para-hydroxylation sites is 2. The largest absolute Gasteiger partial charge is 0.421 e. The lowest BCUT2D eigenvalue weighted by Gasteiger charge is -2.44. The maximum absolute atomic E-state index is 12.1. The summed E-state index contributed by atoms with van der Waals surface area (Å²) in [7, 11) is 0. The van der Waals surface area contributed by atoms with Gasteiger partial charge in [-0.2, -0.15) is 0 Å². The number of likely N-dealkylation sites (tertiary alicyclic amines) is 1. The van der Waals surface area contributed by atoms with Gasteiger partial charge in [-0.1, -0.05) is 25.0 Å². The van der Waals surface area contributed by atoms with E-state index >= 15 is 0 Å². The summed E-state index contributed by atoms with van der Waals surface area (Å²) in [5.41, 5.74) is 1.61. The Morgan fingerprint density at radius 1 is 1.10 bits per heavy atom. The van der Waals surface area contributed by atoms with Gasteiger partial charge >= 0.3 is 5.76 Å². The summed E-state index contributed by atoms with van der Waals surface area (Å²) in [6.45, 7) is 1.78. The van der Waals surface area contributed by atoms with Crippen LogP contribution in [0, 0.1) is 5.92 Å². The summed E-state index contributed by atoms with van der Waals surface area (Å²) < 4.78 is 7.16. The molecule has 2 heterocycles. The molecule has 4 nitrogen and oxygen atoms in total. The van der Waals surface area contributed by atoms with Gasteiger partial charge in [0.1, 0.15) is 0 Å². The molecule has 0 spiro atoms. The molecule has 112 valence electrons. The second-order valence-electron chi connectivity index (χ2n) is 6.47. The van der Waals surface area contributed by atoms with E-state index < -0.39 is 0 Å². The summed E-state index contributed by atoms with van der Waals surface area (Å²) in [4.78, 5) is 14.7. The quantitative estimate of drug-likeness (QED) is 0.851. The Hall–Kier alpha value is -1.55. The van der Waals surface area contributed by atoms with Crippen molar-refractivity contribution in [3.63, 3.8) is 0 Å². The molecule has 0 N–H and O–H groups in total. The zero-order valence-corrected chi connectivity index (χ0v) is 12.3. The minimum Gasteiger partial charge on any atom is -0.408 e. The van der Waals surface area contributed by atoms with E-state index in [4.69, 9.17) is 4.42 Å². The van der Waals surface area contributed by atoms with E-state index in [0.717, 1.165) is 18.0 Å². The number of oxazole rings is 1. The molecule has 1 aromatic carbocycles. The molecule has 1 aromatic heterocycles. The number of benzene rings is 1. The van der Waals surface area contributed by atoms with Crippen molar-refractivity contribution in [1.82, 2.24) is 9.47 Å². The van der Waals surface area contributed by atoms with E-state index in [1.165, 1.54) is 38.5 Å². The number of hydrogen-bond donors (Lipinski definition) is 0. The molecule has 4 rings (SSSR count). The lowest BCUT2D eigenvalue weighted by Crippen LogP contribution is -2.48. The molecule has 1 aliphatic heterocycles. The van der Waals surface area contributed by atoms with Crippen molar-refractivity contribution < 1.29 is 4.42 Å². The first-order valence-electron chi connectivity index (χ1n) is 8.15. The number of piperidine rings is 1. The zero-order chi connectivity index (χ0) is 14.2. The van der Waals surface area contributed by atoms with E-state index in [2.05, 4.69) is 4.90 Å². The topological polar surface area (TPSA) is 38.4 Å². The van der Waals surface area contributed by atoms with Crippen LogP contribution in [0.1, 0.15) is 38.5 Å². The van der Waals surface area contributed by atoms with E-state index in [0.29, 0.717) is 18.3 Å². The van der Waals surface area contributed by atoms with E-state index in [9.17, 15) is 4.79 Å². The summed E-state index contributed by atoms with van der Waals surface area (Å²) in [6.07, 6.45) is 7.98. The minimum atomic E-state index is -0.228. The second kappa shape index (κ2) is 5.34. The summed E-state index contributed by atoms with van der Waals surface area (Å²) >= 11 is 0. The molecule has 2 aliphatic rings. The summed E-state index contributed by atoms with van der Waals surface area (Å²) in [5, 5.41) is 0. The molecule has 1 aliphatic carbocycles. The number of rotatable bonds is 2. The van der Waals surface area contributed by atoms with Crippen LogP contribution in [-0.2, 0) is 6.67 Å². The SMILES string of the molecule is O=c1oc2ccccc2n1CN1CCC[C@H]2CCCC[C@@H]21. The fraction of sp³-hybridized carbons (Fsp3) is 0.588. The van der Waals surface area contributed by atoms with Crippen LogP contribution in [0.2, 0.25) is 0 Å². The van der Waals surface area contributed by atoms with Crippen molar-refractivity contribution in [1.29, 1.82) is 0 Å². The van der Waals surface area contributed by atoms with Gasteiger partial charge in [0.25, 0.3) is 0 Å². The fourth-order valence-electron chi connectivity index (χ4n) is 4.23. The predicted molar refractivity (Wildman–Crippen MR) is 82.2 cm³/mol. The highest BCUT2D eigenvalue weighted by Crippen LogP contribution is 2.35. The zero-order valence-electron chi connectivity index (χ0n) is 12.3. The maximum Gasteiger partial charge on any atom is 0.421 e. The summed E-state index contributed by atoms with van der Waals surface area (Å²) in [6, 6.07) is 8.38. The Bertz CT molecular complexity index is 685. The van der Waals surface area contributed by atoms with E-state index in [-0.39, 0.29) is 5.76 Å². The van der Waals surface area contributed by atoms with Crippen LogP contribution in [0.25, 0.3) is 11.1 Å². The van der Waals surface area contributed by atoms with Crippen LogP contribution in [0.5, 0.6) is 0 Å². The van der Waals surface area contributed by atoms with Gasteiger partial charge in [0.2, 0.25) is 0 Å². The first-order valence-corrected chi connectivity index (χ1v) is 8.15. The molecule has 21 heavy (non-hydrogen) atoms. The molecule has 0 amide bonds. The molecular formula is C17H22N2O2. The van der Waals surface area contributed by atoms with Crippen molar-refractivity contribution in [2.45, 2.75) is 51.2 Å². The number of aromatic nitrogens is 1. The molecular weight excluding hydrogens is 264 g/mol. The van der Waals surface area contributed by atoms with Gasteiger partial charge in [0, 0.05) is 12.6 Å². The lowest BCUT2D eigenvalue weighted by atomic mass is 9.78. The van der Waals surface area contributed by atoms with E-state index in [1.807, 2.05) is 24.3 Å². The average Bonchev–Trinajstić information content (AvgIpc) is 2.84. The fourth-order valence-corrected chi connectivity index (χ4v) is 4.23. The van der Waals surface area contributed by atoms with Crippen LogP contribution in [0.3, 0.4) is 0 Å². The number of hydrogen-bond acceptors (Lipinski definition) is 3. The number of nitrogens with zero attached hydrogens (tertiary/aromatic N) is 2. The average molecular weight is 286 g/mol. The second-order valence-corrected chi connectivity index (χ2v) is 6.47. The van der Waals surface area contributed by atoms with Crippen molar-refractivity contribution in [3.8, 4) is 0 Å². The van der Waals surface area contributed by atoms with Gasteiger partial charge in [-0.05, 0) is 43.7 Å². The molecule has 1 saturated heterocycles. The Balaban J connectivity index is 1.64. The van der Waals surface area contributed by atoms with Gasteiger partial charge in [-0.25, -0.2) is 4.79 Å². The van der Waals surface area contributed by atoms with Crippen LogP contribution < -0.4 is 5.76 Å². The highest BCUT2D eigenvalue weighted by atomic mass is 16.4. The molecule has 0 unspecified atom stereocenters. The van der Waals surface area contributed by atoms with Gasteiger partial charge in [0.15, 0.2) is 5.58 Å². The van der Waals surface area contributed by atoms with Gasteiger partial charge in [-0.15, -0.1) is 0 Å². The number of fused-ring (bicyclic) bond motifs is 2. The minimum absolute atomic E-state index is 0.228. The Labute approximate surface area is 124 Å². The molecule has 2 fully saturated rings. The Morgan fingerprint density at radius 3 is 2.86 bits per heavy atom. The molecule has 1 saturated carbocycles. The maximum atomic E-state index is 12.1. The predicted octanol–water partition coefficient (Wildman–Crippen LogP) is 3.21. The van der Waals surface area contributed by atoms with Crippen molar-refractivity contribution >= 4 is 11.1 Å². The molecule has 2 atom stereocenters. The third kappa shape index (κ3) is 2.31. The molecule has 2 aromatic rings. The highest BCUT2D eigenvalue weighted by molar-refractivity contribution is 5.72. The standard InChI is InChI=1S/C17H22N2O2/c20-17-19(15-9-3-4-10-16(15)21-17)12-18-11-5-7-13-6-1-2-8-14(13)18/h3-4,9-10,13-14H,1-2,5-8,11-12H2/t13-,14+/m1/s1. The van der Waals surface area contributed by atoms with Crippen molar-refractivity contribution in [2.75, 3.05) is 6.54 Å². The highest BCUT2D eigenvalue weighted by Gasteiger charge is 2.33. The third-order valence-electron chi connectivity index (χ3n) is 5.25. The Kier molecular flexibility index (Phi) is 3.34. The lowest BCUT2D eigenvalue weighted by molar-refractivity contribution is 0.0357. The van der Waals surface area contributed by atoms with Crippen LogP contribution in [-0.4, -0.2) is 22.1 Å². The van der Waals surface area contributed by atoms with Gasteiger partial charge < -0.3 is 4.42 Å². The molecule has 4 heteroatoms. The smallest absolute Gasteiger partial charge is 0.408 e. The van der Waals surface area contributed by atoms with Crippen LogP contribution in [0.4, 0.5) is 0 Å². The van der Waals surface area contributed by atoms with Gasteiger partial charge in [-0.3, -0.25) is 9.47 Å². The van der Waals surface area contributed by atoms with Crippen molar-refractivity contribution in [2.24, 2.45) is 5.92 Å². The van der Waals surface area contributed by atoms with Gasteiger partial charge in [0.05, 0.1) is 12.2 Å². The van der Waals surface area contributed by atoms with Crippen LogP contribution >= 0.6 is 0 Å². The first kappa shape index (κ1) is 13.1. The summed E-state index contributed by atoms with van der Waals surface area (Å²) in [5.74, 6) is 0.607. The Morgan fingerprint density at radius 2 is 1.90 bits per heavy atom. The molecule has 0 bridgehead atoms. The normalized spacial score (nSPS) is 26.9. The van der Waals surface area contributed by atoms with Crippen LogP contribution in [0.15, 0.2) is 33.5 Å². The molecule has 0 radical (unpaired) electrons.